The van der Waals surface area contributed by atoms with Crippen molar-refractivity contribution in [2.45, 2.75) is 0 Å². The molecule has 0 spiro atoms. The van der Waals surface area contributed by atoms with E-state index < -0.39 is 4.92 Å². The van der Waals surface area contributed by atoms with Crippen LogP contribution in [0.5, 0.6) is 0 Å². The van der Waals surface area contributed by atoms with Crippen LogP contribution in [0, 0.1) is 10.1 Å². The van der Waals surface area contributed by atoms with E-state index in [4.69, 9.17) is 4.42 Å². The van der Waals surface area contributed by atoms with E-state index in [2.05, 4.69) is 16.6 Å². The van der Waals surface area contributed by atoms with Crippen LogP contribution in [0.2, 0.25) is 0 Å². The Morgan fingerprint density at radius 2 is 2.06 bits per heavy atom. The van der Waals surface area contributed by atoms with Crippen molar-refractivity contribution >= 4 is 40.3 Å². The molecule has 0 radical (unpaired) electrons. The Hall–Kier alpha value is -3.98. The predicted octanol–water partition coefficient (Wildman–Crippen LogP) is 5.04. The monoisotopic (exact) mass is 432 g/mol. The summed E-state index contributed by atoms with van der Waals surface area (Å²) < 4.78 is 5.78. The Morgan fingerprint density at radius 1 is 1.23 bits per heavy atom. The first-order valence-corrected chi connectivity index (χ1v) is 10.0. The Labute approximate surface area is 181 Å². The van der Waals surface area contributed by atoms with Gasteiger partial charge in [0.1, 0.15) is 11.5 Å². The van der Waals surface area contributed by atoms with Gasteiger partial charge in [-0.1, -0.05) is 18.2 Å². The molecule has 31 heavy (non-hydrogen) atoms. The molecule has 1 amide bonds. The molecule has 0 atom stereocenters. The van der Waals surface area contributed by atoms with Gasteiger partial charge in [-0.05, 0) is 42.1 Å². The summed E-state index contributed by atoms with van der Waals surface area (Å²) >= 11 is 1.21. The fourth-order valence-corrected chi connectivity index (χ4v) is 3.95. The molecule has 1 saturated heterocycles. The Morgan fingerprint density at radius 3 is 2.81 bits per heavy atom. The highest BCUT2D eigenvalue weighted by molar-refractivity contribution is 8.18. The summed E-state index contributed by atoms with van der Waals surface area (Å²) in [5, 5.41) is 11.8. The number of thioether (sulfide) groups is 1. The number of amides is 1. The average molecular weight is 432 g/mol. The van der Waals surface area contributed by atoms with Crippen LogP contribution < -0.4 is 0 Å². The third-order valence-corrected chi connectivity index (χ3v) is 5.34. The molecule has 4 rings (SSSR count). The van der Waals surface area contributed by atoms with Crippen molar-refractivity contribution < 1.29 is 14.1 Å². The standard InChI is InChI=1S/C22H16N4O4S/c1-2-12-25-21(27)20(31-22(25)24-15-6-5-11-23-14-15)13-16-9-10-19(30-16)17-7-3-4-8-18(17)26(28)29/h2-11,13-14H,1,12H2/b20-13+,24-22?. The maximum absolute atomic E-state index is 12.9. The second-order valence-electron chi connectivity index (χ2n) is 6.40. The van der Waals surface area contributed by atoms with Gasteiger partial charge in [0.25, 0.3) is 11.6 Å². The number of pyridine rings is 1. The third-order valence-electron chi connectivity index (χ3n) is 4.34. The van der Waals surface area contributed by atoms with E-state index in [9.17, 15) is 14.9 Å². The summed E-state index contributed by atoms with van der Waals surface area (Å²) in [5.41, 5.74) is 0.949. The van der Waals surface area contributed by atoms with Crippen molar-refractivity contribution in [3.8, 4) is 11.3 Å². The van der Waals surface area contributed by atoms with Crippen LogP contribution in [-0.4, -0.2) is 32.4 Å². The lowest BCUT2D eigenvalue weighted by molar-refractivity contribution is -0.384. The molecule has 1 aromatic carbocycles. The van der Waals surface area contributed by atoms with Gasteiger partial charge in [-0.25, -0.2) is 4.99 Å². The topological polar surface area (TPSA) is 102 Å². The number of aliphatic imine (C=N–C) groups is 1. The SMILES string of the molecule is C=CCN1C(=O)/C(=C\c2ccc(-c3ccccc3[N+](=O)[O-])o2)SC1=Nc1cccnc1. The lowest BCUT2D eigenvalue weighted by atomic mass is 10.1. The van der Waals surface area contributed by atoms with Crippen LogP contribution in [0.1, 0.15) is 5.76 Å². The smallest absolute Gasteiger partial charge is 0.280 e. The molecular formula is C22H16N4O4S. The van der Waals surface area contributed by atoms with Crippen molar-refractivity contribution in [2.75, 3.05) is 6.54 Å². The summed E-state index contributed by atoms with van der Waals surface area (Å²) in [6.45, 7) is 4.01. The van der Waals surface area contributed by atoms with Gasteiger partial charge in [0, 0.05) is 24.9 Å². The fraction of sp³-hybridized carbons (Fsp3) is 0.0455. The second kappa shape index (κ2) is 8.80. The molecule has 9 heteroatoms. The first kappa shape index (κ1) is 20.3. The van der Waals surface area contributed by atoms with Crippen LogP contribution in [0.3, 0.4) is 0 Å². The molecule has 0 aliphatic carbocycles. The van der Waals surface area contributed by atoms with Gasteiger partial charge in [-0.2, -0.15) is 0 Å². The molecular weight excluding hydrogens is 416 g/mol. The number of rotatable bonds is 6. The Kier molecular flexibility index (Phi) is 5.76. The summed E-state index contributed by atoms with van der Waals surface area (Å²) in [7, 11) is 0. The maximum atomic E-state index is 12.9. The number of furan rings is 1. The quantitative estimate of drug-likeness (QED) is 0.234. The van der Waals surface area contributed by atoms with Gasteiger partial charge in [0.05, 0.1) is 27.3 Å². The van der Waals surface area contributed by atoms with Gasteiger partial charge in [-0.15, -0.1) is 6.58 Å². The minimum Gasteiger partial charge on any atom is -0.456 e. The number of aromatic nitrogens is 1. The number of hydrogen-bond donors (Lipinski definition) is 0. The molecule has 0 saturated carbocycles. The van der Waals surface area contributed by atoms with Gasteiger partial charge < -0.3 is 4.42 Å². The van der Waals surface area contributed by atoms with Crippen molar-refractivity contribution in [1.82, 2.24) is 9.88 Å². The lowest BCUT2D eigenvalue weighted by Crippen LogP contribution is -2.29. The van der Waals surface area contributed by atoms with Crippen molar-refractivity contribution in [3.63, 3.8) is 0 Å². The highest BCUT2D eigenvalue weighted by Crippen LogP contribution is 2.36. The highest BCUT2D eigenvalue weighted by Gasteiger charge is 2.33. The minimum absolute atomic E-state index is 0.0505. The molecule has 1 aliphatic heterocycles. The largest absolute Gasteiger partial charge is 0.456 e. The molecule has 3 aromatic rings. The number of nitro benzene ring substituents is 1. The van der Waals surface area contributed by atoms with Crippen molar-refractivity contribution in [3.05, 3.63) is 94.4 Å². The summed E-state index contributed by atoms with van der Waals surface area (Å²) in [6, 6.07) is 13.2. The number of hydrogen-bond acceptors (Lipinski definition) is 7. The van der Waals surface area contributed by atoms with Crippen molar-refractivity contribution in [2.24, 2.45) is 4.99 Å². The molecule has 2 aromatic heterocycles. The normalized spacial score (nSPS) is 16.3. The zero-order valence-electron chi connectivity index (χ0n) is 16.2. The number of nitrogens with zero attached hydrogens (tertiary/aromatic N) is 4. The number of benzene rings is 1. The van der Waals surface area contributed by atoms with Gasteiger partial charge >= 0.3 is 0 Å². The van der Waals surface area contributed by atoms with Crippen LogP contribution in [-0.2, 0) is 4.79 Å². The maximum Gasteiger partial charge on any atom is 0.280 e. The molecule has 3 heterocycles. The molecule has 0 unspecified atom stereocenters. The number of nitro groups is 1. The zero-order valence-corrected chi connectivity index (χ0v) is 17.0. The number of para-hydroxylation sites is 1. The van der Waals surface area contributed by atoms with Gasteiger partial charge in [0.2, 0.25) is 0 Å². The summed E-state index contributed by atoms with van der Waals surface area (Å²) in [6.07, 6.45) is 6.49. The van der Waals surface area contributed by atoms with E-state index >= 15 is 0 Å². The van der Waals surface area contributed by atoms with E-state index in [1.54, 1.807) is 67.0 Å². The van der Waals surface area contributed by atoms with Crippen molar-refractivity contribution in [1.29, 1.82) is 0 Å². The fourth-order valence-electron chi connectivity index (χ4n) is 2.96. The Balaban J connectivity index is 1.65. The lowest BCUT2D eigenvalue weighted by Gasteiger charge is -2.12. The summed E-state index contributed by atoms with van der Waals surface area (Å²) in [4.78, 5) is 34.2. The first-order chi connectivity index (χ1) is 15.1. The minimum atomic E-state index is -0.458. The van der Waals surface area contributed by atoms with Crippen LogP contribution >= 0.6 is 11.8 Å². The second-order valence-corrected chi connectivity index (χ2v) is 7.41. The van der Waals surface area contributed by atoms with E-state index in [1.165, 1.54) is 22.7 Å². The van der Waals surface area contributed by atoms with Gasteiger partial charge in [-0.3, -0.25) is 24.8 Å². The third kappa shape index (κ3) is 4.31. The van der Waals surface area contributed by atoms with E-state index in [-0.39, 0.29) is 11.6 Å². The molecule has 8 nitrogen and oxygen atoms in total. The first-order valence-electron chi connectivity index (χ1n) is 9.21. The molecule has 1 fully saturated rings. The Bertz CT molecular complexity index is 1220. The van der Waals surface area contributed by atoms with Gasteiger partial charge in [0.15, 0.2) is 5.17 Å². The van der Waals surface area contributed by atoms with E-state index in [1.807, 2.05) is 0 Å². The van der Waals surface area contributed by atoms with Crippen LogP contribution in [0.25, 0.3) is 17.4 Å². The predicted molar refractivity (Wildman–Crippen MR) is 120 cm³/mol. The zero-order chi connectivity index (χ0) is 21.8. The number of carbonyl (C=O) groups is 1. The van der Waals surface area contributed by atoms with Crippen LogP contribution in [0.15, 0.2) is 87.9 Å². The number of amidine groups is 1. The molecule has 0 bridgehead atoms. The van der Waals surface area contributed by atoms with E-state index in [0.29, 0.717) is 39.4 Å². The highest BCUT2D eigenvalue weighted by atomic mass is 32.2. The number of carbonyl (C=O) groups excluding carboxylic acids is 1. The van der Waals surface area contributed by atoms with Crippen LogP contribution in [0.4, 0.5) is 11.4 Å². The molecule has 1 aliphatic rings. The molecule has 0 N–H and O–H groups in total. The van der Waals surface area contributed by atoms with E-state index in [0.717, 1.165) is 0 Å². The molecule has 154 valence electrons. The average Bonchev–Trinajstić information content (AvgIpc) is 3.35. The summed E-state index contributed by atoms with van der Waals surface area (Å²) in [5.74, 6) is 0.531.